The van der Waals surface area contributed by atoms with Crippen LogP contribution in [0.25, 0.3) is 11.1 Å². The van der Waals surface area contributed by atoms with Gasteiger partial charge in [-0.15, -0.1) is 0 Å². The lowest BCUT2D eigenvalue weighted by molar-refractivity contribution is -0.138. The lowest BCUT2D eigenvalue weighted by atomic mass is 9.96. The highest BCUT2D eigenvalue weighted by atomic mass is 19.4. The fourth-order valence-electron chi connectivity index (χ4n) is 4.00. The van der Waals surface area contributed by atoms with Crippen molar-refractivity contribution in [3.8, 4) is 11.1 Å². The summed E-state index contributed by atoms with van der Waals surface area (Å²) < 4.78 is 96.0. The molecule has 3 nitrogen and oxygen atoms in total. The molecule has 3 aromatic rings. The summed E-state index contributed by atoms with van der Waals surface area (Å²) in [5.41, 5.74) is -4.94. The van der Waals surface area contributed by atoms with Crippen LogP contribution >= 0.6 is 0 Å². The van der Waals surface area contributed by atoms with Crippen LogP contribution in [-0.2, 0) is 18.0 Å². The van der Waals surface area contributed by atoms with Crippen LogP contribution < -0.4 is 0 Å². The summed E-state index contributed by atoms with van der Waals surface area (Å²) in [6.07, 6.45) is -6.97. The van der Waals surface area contributed by atoms with Crippen molar-refractivity contribution in [3.63, 3.8) is 0 Å². The lowest BCUT2D eigenvalue weighted by Crippen LogP contribution is -2.33. The fraction of sp³-hybridized carbons (Fsp3) is 0.250. The average Bonchev–Trinajstić information content (AvgIpc) is 3.21. The van der Waals surface area contributed by atoms with Gasteiger partial charge in [0.05, 0.1) is 23.2 Å². The third kappa shape index (κ3) is 4.62. The number of pyridine rings is 1. The Morgan fingerprint density at radius 1 is 0.912 bits per heavy atom. The van der Waals surface area contributed by atoms with Gasteiger partial charge >= 0.3 is 12.4 Å². The van der Waals surface area contributed by atoms with E-state index in [0.717, 1.165) is 35.2 Å². The Labute approximate surface area is 189 Å². The first kappa shape index (κ1) is 23.7. The maximum Gasteiger partial charge on any atom is 0.417 e. The van der Waals surface area contributed by atoms with Crippen molar-refractivity contribution in [3.05, 3.63) is 89.2 Å². The Bertz CT molecular complexity index is 1210. The maximum atomic E-state index is 15.4. The maximum absolute atomic E-state index is 15.4. The minimum Gasteiger partial charge on any atom is -0.335 e. The summed E-state index contributed by atoms with van der Waals surface area (Å²) in [7, 11) is 0. The topological polar surface area (TPSA) is 33.2 Å². The Hall–Kier alpha value is -3.43. The number of hydrogen-bond acceptors (Lipinski definition) is 2. The van der Waals surface area contributed by atoms with E-state index in [4.69, 9.17) is 0 Å². The second-order valence-electron chi connectivity index (χ2n) is 8.02. The van der Waals surface area contributed by atoms with Crippen LogP contribution in [0.2, 0.25) is 0 Å². The number of rotatable bonds is 3. The highest BCUT2D eigenvalue weighted by Gasteiger charge is 2.44. The van der Waals surface area contributed by atoms with Crippen molar-refractivity contribution >= 4 is 5.91 Å². The number of halogens is 7. The second-order valence-corrected chi connectivity index (χ2v) is 8.02. The molecule has 1 aliphatic heterocycles. The standard InChI is InChI=1S/C24H17F7N2O/c25-22(18-5-2-9-32-13-18)8-10-33(14-22)21(34)19-7-6-16(12-20(19)24(29,30)31)15-3-1-4-17(11-15)23(26,27)28/h1-7,9,11-13H,8,10,14H2. The molecule has 1 aliphatic rings. The number of carbonyl (C=O) groups excluding carboxylic acids is 1. The average molecular weight is 482 g/mol. The van der Waals surface area contributed by atoms with Gasteiger partial charge < -0.3 is 4.90 Å². The van der Waals surface area contributed by atoms with Gasteiger partial charge in [0.25, 0.3) is 5.91 Å². The molecule has 1 atom stereocenters. The molecule has 0 N–H and O–H groups in total. The molecular formula is C24H17F7N2O. The summed E-state index contributed by atoms with van der Waals surface area (Å²) in [4.78, 5) is 17.8. The predicted octanol–water partition coefficient (Wildman–Crippen LogP) is 6.50. The van der Waals surface area contributed by atoms with Crippen LogP contribution in [0, 0.1) is 0 Å². The van der Waals surface area contributed by atoms with Crippen molar-refractivity contribution in [2.24, 2.45) is 0 Å². The Morgan fingerprint density at radius 3 is 2.29 bits per heavy atom. The van der Waals surface area contributed by atoms with Gasteiger partial charge in [0.1, 0.15) is 0 Å². The van der Waals surface area contributed by atoms with Gasteiger partial charge in [-0.25, -0.2) is 4.39 Å². The van der Waals surface area contributed by atoms with E-state index < -0.39 is 47.2 Å². The molecule has 1 aromatic heterocycles. The molecule has 2 aromatic carbocycles. The van der Waals surface area contributed by atoms with E-state index in [1.54, 1.807) is 0 Å². The molecule has 4 rings (SSSR count). The van der Waals surface area contributed by atoms with E-state index >= 15 is 4.39 Å². The van der Waals surface area contributed by atoms with Gasteiger partial charge in [-0.3, -0.25) is 9.78 Å². The van der Waals surface area contributed by atoms with Crippen molar-refractivity contribution in [2.75, 3.05) is 13.1 Å². The Balaban J connectivity index is 1.67. The molecule has 0 spiro atoms. The normalized spacial score (nSPS) is 18.9. The first-order valence-electron chi connectivity index (χ1n) is 10.2. The summed E-state index contributed by atoms with van der Waals surface area (Å²) >= 11 is 0. The largest absolute Gasteiger partial charge is 0.417 e. The molecule has 1 saturated heterocycles. The van der Waals surface area contributed by atoms with Crippen LogP contribution in [-0.4, -0.2) is 28.9 Å². The van der Waals surface area contributed by atoms with E-state index in [9.17, 15) is 31.1 Å². The molecule has 1 fully saturated rings. The monoisotopic (exact) mass is 482 g/mol. The molecule has 0 aliphatic carbocycles. The van der Waals surface area contributed by atoms with Crippen molar-refractivity contribution < 1.29 is 35.5 Å². The SMILES string of the molecule is O=C(c1ccc(-c2cccc(C(F)(F)F)c2)cc1C(F)(F)F)N1CCC(F)(c2cccnc2)C1. The van der Waals surface area contributed by atoms with Crippen LogP contribution in [0.4, 0.5) is 30.7 Å². The van der Waals surface area contributed by atoms with E-state index in [-0.39, 0.29) is 29.7 Å². The van der Waals surface area contributed by atoms with E-state index in [1.807, 2.05) is 0 Å². The number of carbonyl (C=O) groups is 1. The first-order valence-corrected chi connectivity index (χ1v) is 10.2. The van der Waals surface area contributed by atoms with E-state index in [1.165, 1.54) is 30.6 Å². The number of alkyl halides is 7. The molecule has 2 heterocycles. The Morgan fingerprint density at radius 2 is 1.65 bits per heavy atom. The van der Waals surface area contributed by atoms with Crippen LogP contribution in [0.1, 0.15) is 33.5 Å². The zero-order valence-corrected chi connectivity index (χ0v) is 17.4. The number of likely N-dealkylation sites (tertiary alicyclic amines) is 1. The number of nitrogens with zero attached hydrogens (tertiary/aromatic N) is 2. The van der Waals surface area contributed by atoms with Crippen LogP contribution in [0.3, 0.4) is 0 Å². The summed E-state index contributed by atoms with van der Waals surface area (Å²) in [6.45, 7) is -0.541. The third-order valence-electron chi connectivity index (χ3n) is 5.76. The molecule has 34 heavy (non-hydrogen) atoms. The first-order chi connectivity index (χ1) is 15.9. The van der Waals surface area contributed by atoms with E-state index in [2.05, 4.69) is 4.98 Å². The zero-order valence-electron chi connectivity index (χ0n) is 17.4. The number of amides is 1. The summed E-state index contributed by atoms with van der Waals surface area (Å²) in [5.74, 6) is -1.01. The fourth-order valence-corrected chi connectivity index (χ4v) is 4.00. The van der Waals surface area contributed by atoms with Crippen LogP contribution in [0.15, 0.2) is 67.0 Å². The second kappa shape index (κ2) is 8.41. The minimum atomic E-state index is -4.96. The van der Waals surface area contributed by atoms with Gasteiger partial charge in [0.2, 0.25) is 0 Å². The van der Waals surface area contributed by atoms with Gasteiger partial charge in [-0.05, 0) is 41.5 Å². The zero-order chi connectivity index (χ0) is 24.7. The molecule has 10 heteroatoms. The molecule has 1 unspecified atom stereocenters. The molecule has 178 valence electrons. The van der Waals surface area contributed by atoms with Gasteiger partial charge in [0, 0.05) is 30.9 Å². The highest BCUT2D eigenvalue weighted by molar-refractivity contribution is 5.97. The van der Waals surface area contributed by atoms with Crippen molar-refractivity contribution in [2.45, 2.75) is 24.4 Å². The molecular weight excluding hydrogens is 465 g/mol. The lowest BCUT2D eigenvalue weighted by Gasteiger charge is -2.23. The van der Waals surface area contributed by atoms with Crippen LogP contribution in [0.5, 0.6) is 0 Å². The number of aromatic nitrogens is 1. The minimum absolute atomic E-state index is 0.0835. The van der Waals surface area contributed by atoms with Gasteiger partial charge in [-0.1, -0.05) is 24.3 Å². The number of benzene rings is 2. The Kier molecular flexibility index (Phi) is 5.87. The smallest absolute Gasteiger partial charge is 0.335 e. The quantitative estimate of drug-likeness (QED) is 0.400. The van der Waals surface area contributed by atoms with Crippen molar-refractivity contribution in [1.29, 1.82) is 0 Å². The van der Waals surface area contributed by atoms with Gasteiger partial charge in [0.15, 0.2) is 5.67 Å². The summed E-state index contributed by atoms with van der Waals surface area (Å²) in [6, 6.07) is 9.62. The van der Waals surface area contributed by atoms with E-state index in [0.29, 0.717) is 6.07 Å². The van der Waals surface area contributed by atoms with Crippen molar-refractivity contribution in [1.82, 2.24) is 9.88 Å². The molecule has 0 bridgehead atoms. The molecule has 1 amide bonds. The third-order valence-corrected chi connectivity index (χ3v) is 5.76. The molecule has 0 saturated carbocycles. The highest BCUT2D eigenvalue weighted by Crippen LogP contribution is 2.40. The summed E-state index contributed by atoms with van der Waals surface area (Å²) in [5, 5.41) is 0. The predicted molar refractivity (Wildman–Crippen MR) is 109 cm³/mol. The number of hydrogen-bond donors (Lipinski definition) is 0. The molecule has 0 radical (unpaired) electrons. The van der Waals surface area contributed by atoms with Gasteiger partial charge in [-0.2, -0.15) is 26.3 Å².